The largest absolute Gasteiger partial charge is 0.493 e. The Bertz CT molecular complexity index is 710. The van der Waals surface area contributed by atoms with E-state index in [1.807, 2.05) is 24.3 Å². The Balaban J connectivity index is 1.74. The Labute approximate surface area is 164 Å². The minimum Gasteiger partial charge on any atom is -0.493 e. The van der Waals surface area contributed by atoms with E-state index in [1.165, 1.54) is 0 Å². The summed E-state index contributed by atoms with van der Waals surface area (Å²) in [6.45, 7) is 2.30. The van der Waals surface area contributed by atoms with Gasteiger partial charge >= 0.3 is 0 Å². The van der Waals surface area contributed by atoms with Crippen LogP contribution >= 0.6 is 11.6 Å². The highest BCUT2D eigenvalue weighted by atomic mass is 35.5. The van der Waals surface area contributed by atoms with Gasteiger partial charge in [-0.15, -0.1) is 0 Å². The van der Waals surface area contributed by atoms with Crippen LogP contribution in [0.4, 0.5) is 5.69 Å². The number of ether oxygens (including phenoxy) is 3. The number of anilines is 1. The van der Waals surface area contributed by atoms with Crippen LogP contribution in [0.1, 0.15) is 6.42 Å². The predicted molar refractivity (Wildman–Crippen MR) is 108 cm³/mol. The fourth-order valence-corrected chi connectivity index (χ4v) is 2.26. The number of hydrogen-bond acceptors (Lipinski definition) is 5. The van der Waals surface area contributed by atoms with Gasteiger partial charge in [0.05, 0.1) is 18.2 Å². The van der Waals surface area contributed by atoms with Gasteiger partial charge in [0.1, 0.15) is 12.4 Å². The summed E-state index contributed by atoms with van der Waals surface area (Å²) in [5, 5.41) is 6.98. The van der Waals surface area contributed by atoms with E-state index < -0.39 is 0 Å². The third kappa shape index (κ3) is 8.15. The second kappa shape index (κ2) is 12.0. The van der Waals surface area contributed by atoms with Gasteiger partial charge in [-0.1, -0.05) is 17.7 Å². The molecule has 2 aromatic rings. The second-order valence-electron chi connectivity index (χ2n) is 5.51. The number of benzene rings is 1. The van der Waals surface area contributed by atoms with E-state index in [0.29, 0.717) is 43.2 Å². The molecule has 27 heavy (non-hydrogen) atoms. The summed E-state index contributed by atoms with van der Waals surface area (Å²) >= 11 is 5.79. The smallest absolute Gasteiger partial charge is 0.213 e. The molecule has 0 bridgehead atoms. The minimum atomic E-state index is 0.442. The normalized spacial score (nSPS) is 11.1. The van der Waals surface area contributed by atoms with Crippen LogP contribution in [0.5, 0.6) is 11.6 Å². The molecule has 0 saturated heterocycles. The molecule has 0 aliphatic heterocycles. The zero-order chi connectivity index (χ0) is 19.3. The van der Waals surface area contributed by atoms with Crippen molar-refractivity contribution in [2.45, 2.75) is 6.42 Å². The maximum Gasteiger partial charge on any atom is 0.213 e. The van der Waals surface area contributed by atoms with Crippen molar-refractivity contribution in [2.24, 2.45) is 4.99 Å². The van der Waals surface area contributed by atoms with Gasteiger partial charge in [0.15, 0.2) is 5.96 Å². The van der Waals surface area contributed by atoms with Gasteiger partial charge in [0.25, 0.3) is 0 Å². The second-order valence-corrected chi connectivity index (χ2v) is 5.95. The number of methoxy groups -OCH3 is 1. The number of aliphatic imine (C=N–C) groups is 1. The Hall–Kier alpha value is -2.51. The molecule has 0 spiro atoms. The fraction of sp³-hybridized carbons (Fsp3) is 0.368. The Morgan fingerprint density at radius 1 is 1.15 bits per heavy atom. The molecule has 2 rings (SSSR count). The highest BCUT2D eigenvalue weighted by Crippen LogP contribution is 2.17. The van der Waals surface area contributed by atoms with E-state index in [9.17, 15) is 0 Å². The van der Waals surface area contributed by atoms with Gasteiger partial charge in [0.2, 0.25) is 5.88 Å². The lowest BCUT2D eigenvalue weighted by molar-refractivity contribution is 0.172. The number of nitrogens with zero attached hydrogens (tertiary/aromatic N) is 2. The quantitative estimate of drug-likeness (QED) is 0.367. The summed E-state index contributed by atoms with van der Waals surface area (Å²) in [5.41, 5.74) is 0.882. The van der Waals surface area contributed by atoms with E-state index >= 15 is 0 Å². The third-order valence-corrected chi connectivity index (χ3v) is 3.65. The monoisotopic (exact) mass is 392 g/mol. The van der Waals surface area contributed by atoms with Crippen LogP contribution in [-0.4, -0.2) is 51.5 Å². The molecular weight excluding hydrogens is 368 g/mol. The lowest BCUT2D eigenvalue weighted by atomic mass is 10.3. The highest BCUT2D eigenvalue weighted by Gasteiger charge is 2.02. The Morgan fingerprint density at radius 2 is 2.04 bits per heavy atom. The number of aromatic nitrogens is 1. The summed E-state index contributed by atoms with van der Waals surface area (Å²) in [6.07, 6.45) is 2.40. The van der Waals surface area contributed by atoms with Crippen LogP contribution in [0, 0.1) is 0 Å². The SMILES string of the molecule is CN=C(NCCOc1ccc(Cl)cn1)Nc1cccc(OCCCOC)c1. The molecule has 0 radical (unpaired) electrons. The molecule has 0 atom stereocenters. The Kier molecular flexibility index (Phi) is 9.23. The lowest BCUT2D eigenvalue weighted by Crippen LogP contribution is -2.33. The molecule has 2 N–H and O–H groups in total. The number of pyridine rings is 1. The third-order valence-electron chi connectivity index (χ3n) is 3.43. The van der Waals surface area contributed by atoms with Crippen LogP contribution in [0.2, 0.25) is 5.02 Å². The van der Waals surface area contributed by atoms with Crippen LogP contribution in [0.15, 0.2) is 47.6 Å². The standard InChI is InChI=1S/C19H25ClN4O3/c1-21-19(22-9-12-27-18-8-7-15(20)14-23-18)24-16-5-3-6-17(13-16)26-11-4-10-25-2/h3,5-8,13-14H,4,9-12H2,1-2H3,(H2,21,22,24). The topological polar surface area (TPSA) is 77.0 Å². The maximum absolute atomic E-state index is 5.79. The first kappa shape index (κ1) is 20.8. The highest BCUT2D eigenvalue weighted by molar-refractivity contribution is 6.30. The number of nitrogens with one attached hydrogen (secondary N) is 2. The summed E-state index contributed by atoms with van der Waals surface area (Å²) in [5.74, 6) is 1.96. The molecule has 0 aliphatic rings. The molecule has 8 heteroatoms. The van der Waals surface area contributed by atoms with Gasteiger partial charge in [0, 0.05) is 51.2 Å². The van der Waals surface area contributed by atoms with Crippen LogP contribution in [-0.2, 0) is 4.74 Å². The average molecular weight is 393 g/mol. The molecule has 0 saturated carbocycles. The zero-order valence-electron chi connectivity index (χ0n) is 15.6. The van der Waals surface area contributed by atoms with Gasteiger partial charge in [-0.25, -0.2) is 4.98 Å². The van der Waals surface area contributed by atoms with Crippen molar-refractivity contribution in [1.82, 2.24) is 10.3 Å². The maximum atomic E-state index is 5.79. The van der Waals surface area contributed by atoms with E-state index in [2.05, 4.69) is 20.6 Å². The number of guanidine groups is 1. The van der Waals surface area contributed by atoms with Crippen molar-refractivity contribution in [1.29, 1.82) is 0 Å². The molecular formula is C19H25ClN4O3. The molecule has 1 heterocycles. The first-order valence-corrected chi connectivity index (χ1v) is 9.03. The van der Waals surface area contributed by atoms with Gasteiger partial charge in [-0.3, -0.25) is 4.99 Å². The number of rotatable bonds is 10. The summed E-state index contributed by atoms with van der Waals surface area (Å²) < 4.78 is 16.3. The molecule has 0 aliphatic carbocycles. The lowest BCUT2D eigenvalue weighted by Gasteiger charge is -2.13. The van der Waals surface area contributed by atoms with Gasteiger partial charge in [-0.05, 0) is 18.2 Å². The van der Waals surface area contributed by atoms with Crippen molar-refractivity contribution >= 4 is 23.2 Å². The predicted octanol–water partition coefficient (Wildman–Crippen LogP) is 3.22. The molecule has 7 nitrogen and oxygen atoms in total. The molecule has 146 valence electrons. The van der Waals surface area contributed by atoms with Gasteiger partial charge < -0.3 is 24.8 Å². The van der Waals surface area contributed by atoms with Crippen LogP contribution < -0.4 is 20.1 Å². The number of hydrogen-bond donors (Lipinski definition) is 2. The van der Waals surface area contributed by atoms with Crippen molar-refractivity contribution in [3.05, 3.63) is 47.6 Å². The fourth-order valence-electron chi connectivity index (χ4n) is 2.15. The molecule has 1 aromatic carbocycles. The first-order chi connectivity index (χ1) is 13.2. The molecule has 0 fully saturated rings. The summed E-state index contributed by atoms with van der Waals surface area (Å²) in [6, 6.07) is 11.2. The van der Waals surface area contributed by atoms with Crippen LogP contribution in [0.25, 0.3) is 0 Å². The molecule has 0 unspecified atom stereocenters. The van der Waals surface area contributed by atoms with Crippen molar-refractivity contribution in [3.63, 3.8) is 0 Å². The van der Waals surface area contributed by atoms with Crippen LogP contribution in [0.3, 0.4) is 0 Å². The van der Waals surface area contributed by atoms with E-state index in [1.54, 1.807) is 32.5 Å². The van der Waals surface area contributed by atoms with Crippen molar-refractivity contribution < 1.29 is 14.2 Å². The molecule has 0 amide bonds. The van der Waals surface area contributed by atoms with Crippen molar-refractivity contribution in [3.8, 4) is 11.6 Å². The summed E-state index contributed by atoms with van der Waals surface area (Å²) in [7, 11) is 3.39. The van der Waals surface area contributed by atoms with Crippen molar-refractivity contribution in [2.75, 3.05) is 45.8 Å². The van der Waals surface area contributed by atoms with Gasteiger partial charge in [-0.2, -0.15) is 0 Å². The minimum absolute atomic E-state index is 0.442. The van der Waals surface area contributed by atoms with E-state index in [4.69, 9.17) is 25.8 Å². The van der Waals surface area contributed by atoms with E-state index in [0.717, 1.165) is 17.9 Å². The first-order valence-electron chi connectivity index (χ1n) is 8.65. The summed E-state index contributed by atoms with van der Waals surface area (Å²) in [4.78, 5) is 8.28. The number of halogens is 1. The zero-order valence-corrected chi connectivity index (χ0v) is 16.3. The average Bonchev–Trinajstić information content (AvgIpc) is 2.69. The molecule has 1 aromatic heterocycles. The van der Waals surface area contributed by atoms with E-state index in [-0.39, 0.29) is 0 Å². The Morgan fingerprint density at radius 3 is 2.78 bits per heavy atom.